The molecular weight excluding hydrogens is 286 g/mol. The maximum atomic E-state index is 9.56. The molecule has 2 nitrogen and oxygen atoms in total. The molecule has 102 valence electrons. The van der Waals surface area contributed by atoms with Crippen molar-refractivity contribution in [1.29, 1.82) is 0 Å². The lowest BCUT2D eigenvalue weighted by molar-refractivity contribution is 0.296. The highest BCUT2D eigenvalue weighted by atomic mass is 32.2. The molecule has 20 heavy (non-hydrogen) atoms. The summed E-state index contributed by atoms with van der Waals surface area (Å²) < 4.78 is 1.23. The molecule has 0 fully saturated rings. The first-order chi connectivity index (χ1) is 9.86. The Morgan fingerprint density at radius 1 is 1.20 bits per heavy atom. The van der Waals surface area contributed by atoms with Crippen LogP contribution in [0.15, 0.2) is 54.0 Å². The molecule has 3 rings (SSSR count). The van der Waals surface area contributed by atoms with Gasteiger partial charge < -0.3 is 5.11 Å². The predicted octanol–water partition coefficient (Wildman–Crippen LogP) is 4.26. The van der Waals surface area contributed by atoms with E-state index < -0.39 is 0 Å². The van der Waals surface area contributed by atoms with Crippen molar-refractivity contribution in [2.75, 3.05) is 6.61 Å². The normalized spacial score (nSPS) is 12.7. The summed E-state index contributed by atoms with van der Waals surface area (Å²) in [5.41, 5.74) is 3.44. The van der Waals surface area contributed by atoms with Gasteiger partial charge in [-0.15, -0.1) is 23.1 Å². The molecule has 0 spiro atoms. The number of rotatable bonds is 5. The molecule has 0 aliphatic heterocycles. The molecule has 0 aliphatic rings. The van der Waals surface area contributed by atoms with Gasteiger partial charge in [0.1, 0.15) is 0 Å². The van der Waals surface area contributed by atoms with E-state index in [9.17, 15) is 5.11 Å². The maximum Gasteiger partial charge on any atom is 0.0809 e. The van der Waals surface area contributed by atoms with E-state index in [0.29, 0.717) is 0 Å². The van der Waals surface area contributed by atoms with E-state index >= 15 is 0 Å². The van der Waals surface area contributed by atoms with E-state index in [1.807, 2.05) is 30.5 Å². The van der Waals surface area contributed by atoms with Crippen molar-refractivity contribution in [3.63, 3.8) is 0 Å². The Hall–Kier alpha value is -1.36. The maximum absolute atomic E-state index is 9.56. The van der Waals surface area contributed by atoms with Crippen LogP contribution in [0, 0.1) is 0 Å². The summed E-state index contributed by atoms with van der Waals surface area (Å²) in [6.07, 6.45) is 1.93. The number of thiophene rings is 1. The van der Waals surface area contributed by atoms with Gasteiger partial charge in [-0.25, -0.2) is 0 Å². The van der Waals surface area contributed by atoms with Crippen LogP contribution in [0.5, 0.6) is 0 Å². The molecule has 1 N–H and O–H groups in total. The summed E-state index contributed by atoms with van der Waals surface area (Å²) in [7, 11) is 0. The quantitative estimate of drug-likeness (QED) is 0.764. The topological polar surface area (TPSA) is 33.1 Å². The summed E-state index contributed by atoms with van der Waals surface area (Å²) in [6, 6.07) is 14.4. The number of hydrogen-bond donors (Lipinski definition) is 1. The Labute approximate surface area is 126 Å². The molecule has 3 aromatic rings. The van der Waals surface area contributed by atoms with Crippen molar-refractivity contribution in [3.05, 3.63) is 65.2 Å². The molecule has 0 radical (unpaired) electrons. The van der Waals surface area contributed by atoms with Gasteiger partial charge in [0.15, 0.2) is 0 Å². The SMILES string of the molecule is OC[C@H](SCc1cnc2ccsc2c1)c1ccccc1. The van der Waals surface area contributed by atoms with Gasteiger partial charge in [0, 0.05) is 11.9 Å². The van der Waals surface area contributed by atoms with Crippen LogP contribution in [-0.4, -0.2) is 16.7 Å². The van der Waals surface area contributed by atoms with Gasteiger partial charge in [0.2, 0.25) is 0 Å². The van der Waals surface area contributed by atoms with E-state index in [4.69, 9.17) is 0 Å². The fourth-order valence-corrected chi connectivity index (χ4v) is 3.90. The van der Waals surface area contributed by atoms with Crippen LogP contribution in [0.3, 0.4) is 0 Å². The second-order valence-corrected chi connectivity index (χ2v) is 6.68. The lowest BCUT2D eigenvalue weighted by atomic mass is 10.2. The van der Waals surface area contributed by atoms with Crippen LogP contribution in [-0.2, 0) is 5.75 Å². The van der Waals surface area contributed by atoms with Crippen molar-refractivity contribution in [1.82, 2.24) is 4.98 Å². The molecule has 0 bridgehead atoms. The van der Waals surface area contributed by atoms with Crippen LogP contribution in [0.2, 0.25) is 0 Å². The van der Waals surface area contributed by atoms with Gasteiger partial charge in [-0.3, -0.25) is 4.98 Å². The summed E-state index contributed by atoms with van der Waals surface area (Å²) in [5, 5.41) is 11.7. The lowest BCUT2D eigenvalue weighted by Crippen LogP contribution is -2.00. The fraction of sp³-hybridized carbons (Fsp3) is 0.188. The highest BCUT2D eigenvalue weighted by molar-refractivity contribution is 7.98. The molecule has 1 aromatic carbocycles. The first-order valence-electron chi connectivity index (χ1n) is 6.46. The lowest BCUT2D eigenvalue weighted by Gasteiger charge is -2.14. The van der Waals surface area contributed by atoms with Crippen LogP contribution in [0.4, 0.5) is 0 Å². The standard InChI is InChI=1S/C16H15NOS2/c18-10-16(13-4-2-1-3-5-13)20-11-12-8-15-14(17-9-12)6-7-19-15/h1-9,16,18H,10-11H2/t16-/m0/s1. The zero-order valence-electron chi connectivity index (χ0n) is 10.9. The Kier molecular flexibility index (Phi) is 4.35. The van der Waals surface area contributed by atoms with Crippen molar-refractivity contribution in [3.8, 4) is 0 Å². The average molecular weight is 301 g/mol. The first kappa shape index (κ1) is 13.6. The van der Waals surface area contributed by atoms with E-state index in [1.165, 1.54) is 15.8 Å². The van der Waals surface area contributed by atoms with Crippen LogP contribution in [0.1, 0.15) is 16.4 Å². The van der Waals surface area contributed by atoms with Gasteiger partial charge in [-0.05, 0) is 28.6 Å². The smallest absolute Gasteiger partial charge is 0.0809 e. The second-order valence-electron chi connectivity index (χ2n) is 4.54. The van der Waals surface area contributed by atoms with Gasteiger partial charge in [-0.2, -0.15) is 0 Å². The first-order valence-corrected chi connectivity index (χ1v) is 8.39. The molecule has 2 aromatic heterocycles. The third-order valence-corrected chi connectivity index (χ3v) is 5.32. The van der Waals surface area contributed by atoms with Gasteiger partial charge in [0.05, 0.1) is 22.1 Å². The minimum absolute atomic E-state index is 0.121. The van der Waals surface area contributed by atoms with Crippen molar-refractivity contribution in [2.45, 2.75) is 11.0 Å². The fourth-order valence-electron chi connectivity index (χ4n) is 2.08. The summed E-state index contributed by atoms with van der Waals surface area (Å²) >= 11 is 3.47. The molecule has 1 atom stereocenters. The van der Waals surface area contributed by atoms with E-state index in [2.05, 4.69) is 28.6 Å². The molecule has 0 saturated heterocycles. The van der Waals surface area contributed by atoms with Gasteiger partial charge >= 0.3 is 0 Å². The molecule has 0 saturated carbocycles. The van der Waals surface area contributed by atoms with Gasteiger partial charge in [0.25, 0.3) is 0 Å². The van der Waals surface area contributed by atoms with E-state index in [-0.39, 0.29) is 11.9 Å². The third-order valence-electron chi connectivity index (χ3n) is 3.15. The molecule has 0 unspecified atom stereocenters. The predicted molar refractivity (Wildman–Crippen MR) is 87.2 cm³/mol. The molecule has 0 amide bonds. The number of nitrogens with zero attached hydrogens (tertiary/aromatic N) is 1. The Morgan fingerprint density at radius 3 is 2.85 bits per heavy atom. The van der Waals surface area contributed by atoms with E-state index in [0.717, 1.165) is 11.3 Å². The van der Waals surface area contributed by atoms with Crippen molar-refractivity contribution >= 4 is 33.3 Å². The third kappa shape index (κ3) is 3.03. The Bertz CT molecular complexity index is 681. The molecule has 0 aliphatic carbocycles. The minimum Gasteiger partial charge on any atom is -0.395 e. The number of aromatic nitrogens is 1. The van der Waals surface area contributed by atoms with Gasteiger partial charge in [-0.1, -0.05) is 30.3 Å². The Balaban J connectivity index is 1.71. The zero-order valence-corrected chi connectivity index (χ0v) is 12.5. The van der Waals surface area contributed by atoms with Crippen molar-refractivity contribution in [2.24, 2.45) is 0 Å². The monoisotopic (exact) mass is 301 g/mol. The van der Waals surface area contributed by atoms with E-state index in [1.54, 1.807) is 23.1 Å². The highest BCUT2D eigenvalue weighted by Gasteiger charge is 2.11. The minimum atomic E-state index is 0.121. The van der Waals surface area contributed by atoms with Crippen LogP contribution >= 0.6 is 23.1 Å². The zero-order chi connectivity index (χ0) is 13.8. The molecule has 2 heterocycles. The number of aliphatic hydroxyl groups excluding tert-OH is 1. The Morgan fingerprint density at radius 2 is 2.05 bits per heavy atom. The number of thioether (sulfide) groups is 1. The summed E-state index contributed by atoms with van der Waals surface area (Å²) in [5.74, 6) is 0.862. The number of fused-ring (bicyclic) bond motifs is 1. The molecule has 4 heteroatoms. The number of benzene rings is 1. The summed E-state index contributed by atoms with van der Waals surface area (Å²) in [6.45, 7) is 0.156. The largest absolute Gasteiger partial charge is 0.395 e. The van der Waals surface area contributed by atoms with Crippen molar-refractivity contribution < 1.29 is 5.11 Å². The number of pyridine rings is 1. The second kappa shape index (κ2) is 6.39. The van der Waals surface area contributed by atoms with Crippen LogP contribution < -0.4 is 0 Å². The van der Waals surface area contributed by atoms with Crippen LogP contribution in [0.25, 0.3) is 10.2 Å². The average Bonchev–Trinajstić information content (AvgIpc) is 2.96. The number of aliphatic hydroxyl groups is 1. The number of hydrogen-bond acceptors (Lipinski definition) is 4. The highest BCUT2D eigenvalue weighted by Crippen LogP contribution is 2.31. The molecular formula is C16H15NOS2. The summed E-state index contributed by atoms with van der Waals surface area (Å²) in [4.78, 5) is 4.45.